The molecule has 0 saturated carbocycles. The van der Waals surface area contributed by atoms with Gasteiger partial charge in [0.1, 0.15) is 0 Å². The van der Waals surface area contributed by atoms with Gasteiger partial charge < -0.3 is 10.2 Å². The molecule has 2 aromatic carbocycles. The molecular formula is C22H26IN5. The van der Waals surface area contributed by atoms with Crippen molar-refractivity contribution in [3.8, 4) is 5.69 Å². The monoisotopic (exact) mass is 487 g/mol. The zero-order chi connectivity index (χ0) is 18.5. The Hall–Kier alpha value is -2.35. The maximum absolute atomic E-state index is 4.49. The summed E-state index contributed by atoms with van der Waals surface area (Å²) >= 11 is 0. The van der Waals surface area contributed by atoms with Crippen LogP contribution in [0.5, 0.6) is 0 Å². The van der Waals surface area contributed by atoms with E-state index in [9.17, 15) is 0 Å². The van der Waals surface area contributed by atoms with E-state index in [4.69, 9.17) is 0 Å². The molecule has 0 spiro atoms. The van der Waals surface area contributed by atoms with Crippen LogP contribution in [0.1, 0.15) is 23.5 Å². The fraction of sp³-hybridized carbons (Fsp3) is 0.273. The number of nitrogens with one attached hydrogen (secondary N) is 1. The number of benzene rings is 2. The van der Waals surface area contributed by atoms with Gasteiger partial charge in [-0.2, -0.15) is 5.10 Å². The van der Waals surface area contributed by atoms with Crippen molar-refractivity contribution in [2.45, 2.75) is 18.9 Å². The summed E-state index contributed by atoms with van der Waals surface area (Å²) in [6.45, 7) is 2.82. The summed E-state index contributed by atoms with van der Waals surface area (Å²) in [5, 5.41) is 7.77. The highest BCUT2D eigenvalue weighted by Crippen LogP contribution is 2.26. The number of aliphatic imine (C=N–C) groups is 1. The van der Waals surface area contributed by atoms with Crippen LogP contribution >= 0.6 is 24.0 Å². The Morgan fingerprint density at radius 3 is 2.57 bits per heavy atom. The quantitative estimate of drug-likeness (QED) is 0.343. The molecule has 1 aromatic heterocycles. The van der Waals surface area contributed by atoms with Crippen LogP contribution in [0.4, 0.5) is 0 Å². The molecule has 1 unspecified atom stereocenters. The van der Waals surface area contributed by atoms with E-state index in [0.29, 0.717) is 5.92 Å². The standard InChI is InChI=1S/C22H25N5.HI/c1-23-22(26-15-12-20(17-26)19-6-3-2-4-7-19)24-16-18-8-10-21(11-9-18)27-14-5-13-25-27;/h2-11,13-14,20H,12,15-17H2,1H3,(H,23,24);1H. The number of guanidine groups is 1. The van der Waals surface area contributed by atoms with Crippen molar-refractivity contribution in [3.63, 3.8) is 0 Å². The molecule has 0 bridgehead atoms. The molecular weight excluding hydrogens is 461 g/mol. The maximum Gasteiger partial charge on any atom is 0.193 e. The van der Waals surface area contributed by atoms with Gasteiger partial charge in [-0.05, 0) is 35.7 Å². The van der Waals surface area contributed by atoms with Crippen LogP contribution in [-0.4, -0.2) is 40.8 Å². The number of hydrogen-bond acceptors (Lipinski definition) is 2. The van der Waals surface area contributed by atoms with Gasteiger partial charge >= 0.3 is 0 Å². The average molecular weight is 487 g/mol. The van der Waals surface area contributed by atoms with E-state index in [0.717, 1.165) is 31.3 Å². The van der Waals surface area contributed by atoms with Crippen molar-refractivity contribution in [2.24, 2.45) is 4.99 Å². The molecule has 146 valence electrons. The number of nitrogens with zero attached hydrogens (tertiary/aromatic N) is 4. The van der Waals surface area contributed by atoms with E-state index in [1.165, 1.54) is 17.5 Å². The third-order valence-electron chi connectivity index (χ3n) is 5.13. The second-order valence-electron chi connectivity index (χ2n) is 6.86. The van der Waals surface area contributed by atoms with Gasteiger partial charge in [-0.3, -0.25) is 4.99 Å². The fourth-order valence-corrected chi connectivity index (χ4v) is 3.65. The number of halogens is 1. The van der Waals surface area contributed by atoms with Gasteiger partial charge in [0.25, 0.3) is 0 Å². The van der Waals surface area contributed by atoms with Gasteiger partial charge in [0, 0.05) is 45.0 Å². The van der Waals surface area contributed by atoms with Crippen molar-refractivity contribution in [1.82, 2.24) is 20.0 Å². The first-order valence-electron chi connectivity index (χ1n) is 9.43. The van der Waals surface area contributed by atoms with Crippen molar-refractivity contribution >= 4 is 29.9 Å². The predicted molar refractivity (Wildman–Crippen MR) is 125 cm³/mol. The molecule has 1 aliphatic heterocycles. The highest BCUT2D eigenvalue weighted by molar-refractivity contribution is 14.0. The smallest absolute Gasteiger partial charge is 0.193 e. The molecule has 28 heavy (non-hydrogen) atoms. The maximum atomic E-state index is 4.49. The second-order valence-corrected chi connectivity index (χ2v) is 6.86. The molecule has 3 aromatic rings. The number of hydrogen-bond donors (Lipinski definition) is 1. The summed E-state index contributed by atoms with van der Waals surface area (Å²) in [7, 11) is 1.86. The van der Waals surface area contributed by atoms with Crippen LogP contribution in [0.15, 0.2) is 78.0 Å². The molecule has 5 nitrogen and oxygen atoms in total. The van der Waals surface area contributed by atoms with Crippen LogP contribution in [0.2, 0.25) is 0 Å². The Kier molecular flexibility index (Phi) is 7.08. The van der Waals surface area contributed by atoms with Crippen molar-refractivity contribution in [3.05, 3.63) is 84.2 Å². The van der Waals surface area contributed by atoms with Gasteiger partial charge in [-0.25, -0.2) is 4.68 Å². The first-order chi connectivity index (χ1) is 13.3. The summed E-state index contributed by atoms with van der Waals surface area (Å²) in [6.07, 6.45) is 4.91. The van der Waals surface area contributed by atoms with Gasteiger partial charge in [0.2, 0.25) is 0 Å². The highest BCUT2D eigenvalue weighted by atomic mass is 127. The van der Waals surface area contributed by atoms with Crippen molar-refractivity contribution in [1.29, 1.82) is 0 Å². The van der Waals surface area contributed by atoms with E-state index in [1.807, 2.05) is 24.0 Å². The van der Waals surface area contributed by atoms with E-state index < -0.39 is 0 Å². The number of likely N-dealkylation sites (tertiary alicyclic amines) is 1. The molecule has 1 N–H and O–H groups in total. The van der Waals surface area contributed by atoms with Gasteiger partial charge in [-0.1, -0.05) is 42.5 Å². The third-order valence-corrected chi connectivity index (χ3v) is 5.13. The lowest BCUT2D eigenvalue weighted by atomic mass is 9.99. The molecule has 1 saturated heterocycles. The Balaban J connectivity index is 0.00000225. The van der Waals surface area contributed by atoms with Gasteiger partial charge in [-0.15, -0.1) is 24.0 Å². The Morgan fingerprint density at radius 1 is 1.11 bits per heavy atom. The van der Waals surface area contributed by atoms with Gasteiger partial charge in [0.15, 0.2) is 5.96 Å². The Bertz CT molecular complexity index is 875. The molecule has 0 radical (unpaired) electrons. The van der Waals surface area contributed by atoms with Gasteiger partial charge in [0.05, 0.1) is 5.69 Å². The first-order valence-corrected chi connectivity index (χ1v) is 9.43. The molecule has 1 fully saturated rings. The highest BCUT2D eigenvalue weighted by Gasteiger charge is 2.25. The summed E-state index contributed by atoms with van der Waals surface area (Å²) in [5.74, 6) is 1.56. The van der Waals surface area contributed by atoms with Crippen molar-refractivity contribution in [2.75, 3.05) is 20.1 Å². The predicted octanol–water partition coefficient (Wildman–Crippen LogP) is 4.06. The lowest BCUT2D eigenvalue weighted by molar-refractivity contribution is 0.486. The van der Waals surface area contributed by atoms with Crippen LogP contribution < -0.4 is 5.32 Å². The molecule has 6 heteroatoms. The zero-order valence-electron chi connectivity index (χ0n) is 16.0. The summed E-state index contributed by atoms with van der Waals surface area (Å²) < 4.78 is 1.87. The second kappa shape index (κ2) is 9.73. The SMILES string of the molecule is CN=C(NCc1ccc(-n2cccn2)cc1)N1CCC(c2ccccc2)C1.I. The summed E-state index contributed by atoms with van der Waals surface area (Å²) in [5.41, 5.74) is 3.72. The Labute approximate surface area is 183 Å². The summed E-state index contributed by atoms with van der Waals surface area (Å²) in [6, 6.07) is 21.2. The van der Waals surface area contributed by atoms with E-state index in [-0.39, 0.29) is 24.0 Å². The minimum absolute atomic E-state index is 0. The molecule has 1 aliphatic rings. The molecule has 4 rings (SSSR count). The molecule has 0 amide bonds. The molecule has 0 aliphatic carbocycles. The zero-order valence-corrected chi connectivity index (χ0v) is 18.4. The van der Waals surface area contributed by atoms with E-state index in [2.05, 4.69) is 74.9 Å². The number of rotatable bonds is 4. The topological polar surface area (TPSA) is 45.5 Å². The minimum Gasteiger partial charge on any atom is -0.352 e. The lowest BCUT2D eigenvalue weighted by Gasteiger charge is -2.22. The Morgan fingerprint density at radius 2 is 1.89 bits per heavy atom. The van der Waals surface area contributed by atoms with Crippen molar-refractivity contribution < 1.29 is 0 Å². The molecule has 2 heterocycles. The fourth-order valence-electron chi connectivity index (χ4n) is 3.65. The van der Waals surface area contributed by atoms with E-state index >= 15 is 0 Å². The lowest BCUT2D eigenvalue weighted by Crippen LogP contribution is -2.39. The minimum atomic E-state index is 0. The third kappa shape index (κ3) is 4.73. The van der Waals surface area contributed by atoms with Crippen LogP contribution in [0.3, 0.4) is 0 Å². The number of aromatic nitrogens is 2. The molecule has 1 atom stereocenters. The van der Waals surface area contributed by atoms with Crippen LogP contribution in [0.25, 0.3) is 5.69 Å². The summed E-state index contributed by atoms with van der Waals surface area (Å²) in [4.78, 5) is 6.85. The normalized spacial score (nSPS) is 16.7. The van der Waals surface area contributed by atoms with E-state index in [1.54, 1.807) is 6.20 Å². The first kappa shape index (κ1) is 20.4. The largest absolute Gasteiger partial charge is 0.352 e. The van der Waals surface area contributed by atoms with Crippen LogP contribution in [-0.2, 0) is 6.54 Å². The average Bonchev–Trinajstić information content (AvgIpc) is 3.42. The van der Waals surface area contributed by atoms with Crippen LogP contribution in [0, 0.1) is 0 Å².